The van der Waals surface area contributed by atoms with Gasteiger partial charge in [0.25, 0.3) is 0 Å². The molecule has 1 unspecified atom stereocenters. The van der Waals surface area contributed by atoms with Crippen LogP contribution in [0, 0.1) is 6.92 Å². The number of nitrogens with one attached hydrogen (secondary N) is 1. The monoisotopic (exact) mass is 261 g/mol. The van der Waals surface area contributed by atoms with Crippen LogP contribution in [0.15, 0.2) is 12.1 Å². The quantitative estimate of drug-likeness (QED) is 0.849. The number of carbonyl (C=O) groups is 1. The van der Waals surface area contributed by atoms with E-state index in [0.717, 1.165) is 29.8 Å². The summed E-state index contributed by atoms with van der Waals surface area (Å²) in [7, 11) is 0. The van der Waals surface area contributed by atoms with Crippen molar-refractivity contribution in [2.75, 3.05) is 13.3 Å². The zero-order valence-corrected chi connectivity index (χ0v) is 11.2. The van der Waals surface area contributed by atoms with Crippen LogP contribution in [0.2, 0.25) is 0 Å². The van der Waals surface area contributed by atoms with E-state index < -0.39 is 0 Å². The van der Waals surface area contributed by atoms with Gasteiger partial charge in [-0.3, -0.25) is 4.79 Å². The molecule has 2 aliphatic rings. The predicted molar refractivity (Wildman–Crippen MR) is 71.9 cm³/mol. The lowest BCUT2D eigenvalue weighted by Crippen LogP contribution is -2.35. The Bertz CT molecular complexity index is 492. The zero-order valence-electron chi connectivity index (χ0n) is 11.2. The Kier molecular flexibility index (Phi) is 3.42. The second-order valence-corrected chi connectivity index (χ2v) is 5.29. The fourth-order valence-corrected chi connectivity index (χ4v) is 2.78. The van der Waals surface area contributed by atoms with Crippen molar-refractivity contribution in [1.82, 2.24) is 5.32 Å². The molecule has 0 amide bonds. The molecular formula is C15H19NO3. The molecule has 1 fully saturated rings. The molecule has 1 aromatic rings. The van der Waals surface area contributed by atoms with Crippen LogP contribution in [0.1, 0.15) is 41.6 Å². The highest BCUT2D eigenvalue weighted by Crippen LogP contribution is 2.35. The summed E-state index contributed by atoms with van der Waals surface area (Å²) >= 11 is 0. The number of fused-ring (bicyclic) bond motifs is 1. The van der Waals surface area contributed by atoms with Gasteiger partial charge in [-0.05, 0) is 44.0 Å². The Balaban J connectivity index is 1.75. The number of carbonyl (C=O) groups excluding carboxylic acids is 1. The van der Waals surface area contributed by atoms with Crippen molar-refractivity contribution in [2.24, 2.45) is 0 Å². The predicted octanol–water partition coefficient (Wildman–Crippen LogP) is 2.44. The molecule has 0 saturated carbocycles. The molecule has 0 bridgehead atoms. The Hall–Kier alpha value is -1.55. The van der Waals surface area contributed by atoms with Crippen LogP contribution in [0.3, 0.4) is 0 Å². The molecule has 4 nitrogen and oxygen atoms in total. The summed E-state index contributed by atoms with van der Waals surface area (Å²) in [4.78, 5) is 12.4. The van der Waals surface area contributed by atoms with Crippen LogP contribution in [0.4, 0.5) is 0 Å². The molecule has 102 valence electrons. The lowest BCUT2D eigenvalue weighted by atomic mass is 9.95. The largest absolute Gasteiger partial charge is 0.454 e. The van der Waals surface area contributed by atoms with E-state index >= 15 is 0 Å². The van der Waals surface area contributed by atoms with Crippen molar-refractivity contribution in [1.29, 1.82) is 0 Å². The van der Waals surface area contributed by atoms with E-state index in [9.17, 15) is 4.79 Å². The molecule has 1 N–H and O–H groups in total. The Morgan fingerprint density at radius 3 is 2.84 bits per heavy atom. The molecule has 0 spiro atoms. The van der Waals surface area contributed by atoms with Crippen LogP contribution in [-0.2, 0) is 0 Å². The van der Waals surface area contributed by atoms with Gasteiger partial charge in [-0.25, -0.2) is 0 Å². The van der Waals surface area contributed by atoms with Gasteiger partial charge in [0.2, 0.25) is 6.79 Å². The van der Waals surface area contributed by atoms with Crippen molar-refractivity contribution in [2.45, 2.75) is 38.6 Å². The SMILES string of the molecule is Cc1cc2c(cc1C(=O)CC1CCCCN1)OCO2. The topological polar surface area (TPSA) is 47.6 Å². The Morgan fingerprint density at radius 1 is 1.32 bits per heavy atom. The van der Waals surface area contributed by atoms with Gasteiger partial charge in [-0.1, -0.05) is 6.42 Å². The van der Waals surface area contributed by atoms with Crippen molar-refractivity contribution in [3.63, 3.8) is 0 Å². The van der Waals surface area contributed by atoms with E-state index in [2.05, 4.69) is 5.32 Å². The summed E-state index contributed by atoms with van der Waals surface area (Å²) in [5.74, 6) is 1.62. The van der Waals surface area contributed by atoms with Crippen molar-refractivity contribution < 1.29 is 14.3 Å². The molecule has 2 heterocycles. The standard InChI is InChI=1S/C15H19NO3/c1-10-6-14-15(19-9-18-14)8-12(10)13(17)7-11-4-2-3-5-16-11/h6,8,11,16H,2-5,7,9H2,1H3. The molecule has 1 atom stereocenters. The van der Waals surface area contributed by atoms with Crippen LogP contribution in [0.5, 0.6) is 11.5 Å². The van der Waals surface area contributed by atoms with Crippen LogP contribution >= 0.6 is 0 Å². The minimum Gasteiger partial charge on any atom is -0.454 e. The first-order valence-corrected chi connectivity index (χ1v) is 6.91. The van der Waals surface area contributed by atoms with E-state index in [1.54, 1.807) is 0 Å². The fourth-order valence-electron chi connectivity index (χ4n) is 2.78. The minimum atomic E-state index is 0.190. The molecular weight excluding hydrogens is 242 g/mol. The first-order valence-electron chi connectivity index (χ1n) is 6.91. The maximum atomic E-state index is 12.4. The average Bonchev–Trinajstić information content (AvgIpc) is 2.86. The third kappa shape index (κ3) is 2.59. The molecule has 0 aromatic heterocycles. The highest BCUT2D eigenvalue weighted by Gasteiger charge is 2.22. The number of ether oxygens (including phenoxy) is 2. The molecule has 1 saturated heterocycles. The average molecular weight is 261 g/mol. The maximum Gasteiger partial charge on any atom is 0.231 e. The highest BCUT2D eigenvalue weighted by molar-refractivity contribution is 5.98. The van der Waals surface area contributed by atoms with Gasteiger partial charge >= 0.3 is 0 Å². The third-order valence-electron chi connectivity index (χ3n) is 3.86. The van der Waals surface area contributed by atoms with Gasteiger partial charge in [0.1, 0.15) is 0 Å². The van der Waals surface area contributed by atoms with Crippen molar-refractivity contribution in [3.8, 4) is 11.5 Å². The summed E-state index contributed by atoms with van der Waals surface area (Å²) in [5, 5.41) is 3.41. The van der Waals surface area contributed by atoms with E-state index in [4.69, 9.17) is 9.47 Å². The van der Waals surface area contributed by atoms with E-state index in [1.165, 1.54) is 12.8 Å². The van der Waals surface area contributed by atoms with Crippen LogP contribution < -0.4 is 14.8 Å². The van der Waals surface area contributed by atoms with Gasteiger partial charge in [-0.2, -0.15) is 0 Å². The molecule has 0 aliphatic carbocycles. The second kappa shape index (κ2) is 5.21. The van der Waals surface area contributed by atoms with Crippen molar-refractivity contribution in [3.05, 3.63) is 23.3 Å². The van der Waals surface area contributed by atoms with Gasteiger partial charge in [0.05, 0.1) is 0 Å². The summed E-state index contributed by atoms with van der Waals surface area (Å²) in [5.41, 5.74) is 1.72. The number of benzene rings is 1. The highest BCUT2D eigenvalue weighted by atomic mass is 16.7. The molecule has 2 aliphatic heterocycles. The number of aryl methyl sites for hydroxylation is 1. The van der Waals surface area contributed by atoms with Gasteiger partial charge in [0.15, 0.2) is 17.3 Å². The molecule has 0 radical (unpaired) electrons. The molecule has 19 heavy (non-hydrogen) atoms. The number of piperidine rings is 1. The van der Waals surface area contributed by atoms with Crippen LogP contribution in [-0.4, -0.2) is 25.2 Å². The number of ketones is 1. The van der Waals surface area contributed by atoms with E-state index in [1.807, 2.05) is 19.1 Å². The molecule has 4 heteroatoms. The summed E-state index contributed by atoms with van der Waals surface area (Å²) in [6, 6.07) is 4.04. The number of hydrogen-bond acceptors (Lipinski definition) is 4. The van der Waals surface area contributed by atoms with Crippen molar-refractivity contribution >= 4 is 5.78 Å². The smallest absolute Gasteiger partial charge is 0.231 e. The first-order chi connectivity index (χ1) is 9.24. The first kappa shape index (κ1) is 12.5. The Morgan fingerprint density at radius 2 is 2.11 bits per heavy atom. The minimum absolute atomic E-state index is 0.190. The normalized spacial score (nSPS) is 21.4. The van der Waals surface area contributed by atoms with Gasteiger partial charge in [0, 0.05) is 18.0 Å². The van der Waals surface area contributed by atoms with Crippen LogP contribution in [0.25, 0.3) is 0 Å². The van der Waals surface area contributed by atoms with E-state index in [-0.39, 0.29) is 12.6 Å². The lowest BCUT2D eigenvalue weighted by Gasteiger charge is -2.23. The zero-order chi connectivity index (χ0) is 13.2. The molecule has 1 aromatic carbocycles. The number of rotatable bonds is 3. The second-order valence-electron chi connectivity index (χ2n) is 5.29. The van der Waals surface area contributed by atoms with Gasteiger partial charge < -0.3 is 14.8 Å². The Labute approximate surface area is 113 Å². The fraction of sp³-hybridized carbons (Fsp3) is 0.533. The number of Topliss-reactive ketones (excluding diaryl/α,β-unsaturated/α-hetero) is 1. The third-order valence-corrected chi connectivity index (χ3v) is 3.86. The summed E-state index contributed by atoms with van der Waals surface area (Å²) in [6.07, 6.45) is 4.09. The summed E-state index contributed by atoms with van der Waals surface area (Å²) < 4.78 is 10.7. The van der Waals surface area contributed by atoms with Gasteiger partial charge in [-0.15, -0.1) is 0 Å². The van der Waals surface area contributed by atoms with E-state index in [0.29, 0.717) is 18.2 Å². The molecule has 3 rings (SSSR count). The number of hydrogen-bond donors (Lipinski definition) is 1. The lowest BCUT2D eigenvalue weighted by molar-refractivity contribution is 0.0962. The summed E-state index contributed by atoms with van der Waals surface area (Å²) in [6.45, 7) is 3.22. The maximum absolute atomic E-state index is 12.4.